The number of rotatable bonds is 8. The van der Waals surface area contributed by atoms with E-state index in [1.54, 1.807) is 0 Å². The average molecular weight is 306 g/mol. The Balaban J connectivity index is 1.62. The average Bonchev–Trinajstić information content (AvgIpc) is 2.54. The van der Waals surface area contributed by atoms with Gasteiger partial charge in [0.25, 0.3) is 0 Å². The van der Waals surface area contributed by atoms with E-state index >= 15 is 0 Å². The van der Waals surface area contributed by atoms with E-state index in [2.05, 4.69) is 30.7 Å². The Kier molecular flexibility index (Phi) is 7.00. The normalized spacial score (nSPS) is 18.1. The van der Waals surface area contributed by atoms with Crippen LogP contribution >= 0.6 is 0 Å². The largest absolute Gasteiger partial charge is 0.494 e. The first kappa shape index (κ1) is 17.1. The number of likely N-dealkylation sites (N-methyl/N-ethyl adjacent to an activating group) is 1. The zero-order valence-electron chi connectivity index (χ0n) is 14.3. The van der Waals surface area contributed by atoms with Crippen LogP contribution < -0.4 is 9.47 Å². The van der Waals surface area contributed by atoms with Gasteiger partial charge in [-0.25, -0.2) is 0 Å². The Morgan fingerprint density at radius 3 is 2.32 bits per heavy atom. The van der Waals surface area contributed by atoms with E-state index in [4.69, 9.17) is 9.47 Å². The fraction of sp³-hybridized carbons (Fsp3) is 0.667. The first-order valence-electron chi connectivity index (χ1n) is 8.48. The van der Waals surface area contributed by atoms with Crippen LogP contribution in [0.1, 0.15) is 26.7 Å². The van der Waals surface area contributed by atoms with Gasteiger partial charge in [-0.2, -0.15) is 0 Å². The highest BCUT2D eigenvalue weighted by atomic mass is 16.5. The summed E-state index contributed by atoms with van der Waals surface area (Å²) < 4.78 is 11.6. The van der Waals surface area contributed by atoms with Crippen LogP contribution in [0, 0.1) is 0 Å². The second kappa shape index (κ2) is 9.01. The van der Waals surface area contributed by atoms with Crippen molar-refractivity contribution in [1.82, 2.24) is 9.80 Å². The molecule has 1 aliphatic heterocycles. The van der Waals surface area contributed by atoms with E-state index in [9.17, 15) is 0 Å². The molecule has 1 fully saturated rings. The zero-order chi connectivity index (χ0) is 15.8. The second-order valence-corrected chi connectivity index (χ2v) is 6.16. The Bertz CT molecular complexity index is 414. The predicted molar refractivity (Wildman–Crippen MR) is 90.9 cm³/mol. The monoisotopic (exact) mass is 306 g/mol. The molecule has 1 unspecified atom stereocenters. The van der Waals surface area contributed by atoms with Crippen LogP contribution in [-0.2, 0) is 0 Å². The summed E-state index contributed by atoms with van der Waals surface area (Å²) in [5, 5.41) is 0. The van der Waals surface area contributed by atoms with Gasteiger partial charge in [0.05, 0.1) is 12.7 Å². The Morgan fingerprint density at radius 2 is 1.68 bits per heavy atom. The van der Waals surface area contributed by atoms with Gasteiger partial charge in [-0.1, -0.05) is 6.92 Å². The van der Waals surface area contributed by atoms with E-state index < -0.39 is 0 Å². The van der Waals surface area contributed by atoms with Crippen molar-refractivity contribution < 1.29 is 9.47 Å². The van der Waals surface area contributed by atoms with Gasteiger partial charge in [-0.05, 0) is 51.1 Å². The van der Waals surface area contributed by atoms with Crippen molar-refractivity contribution in [2.24, 2.45) is 0 Å². The first-order valence-corrected chi connectivity index (χ1v) is 8.48. The Morgan fingerprint density at radius 1 is 1.05 bits per heavy atom. The molecule has 0 spiro atoms. The van der Waals surface area contributed by atoms with Crippen LogP contribution in [0.25, 0.3) is 0 Å². The number of ether oxygens (including phenoxy) is 2. The summed E-state index contributed by atoms with van der Waals surface area (Å²) in [5.41, 5.74) is 0. The molecule has 1 aromatic rings. The third kappa shape index (κ3) is 5.85. The van der Waals surface area contributed by atoms with Gasteiger partial charge in [-0.15, -0.1) is 0 Å². The van der Waals surface area contributed by atoms with Crippen molar-refractivity contribution in [2.45, 2.75) is 32.8 Å². The summed E-state index contributed by atoms with van der Waals surface area (Å²) in [7, 11) is 2.19. The van der Waals surface area contributed by atoms with Gasteiger partial charge >= 0.3 is 0 Å². The van der Waals surface area contributed by atoms with Crippen LogP contribution in [-0.4, -0.2) is 62.3 Å². The summed E-state index contributed by atoms with van der Waals surface area (Å²) in [6, 6.07) is 7.96. The van der Waals surface area contributed by atoms with Gasteiger partial charge in [-0.3, -0.25) is 0 Å². The molecule has 1 aromatic carbocycles. The van der Waals surface area contributed by atoms with E-state index in [1.807, 2.05) is 24.3 Å². The maximum Gasteiger partial charge on any atom is 0.119 e. The molecule has 0 saturated carbocycles. The molecule has 1 heterocycles. The SMILES string of the molecule is CCC(C)Oc1ccc(OCCCN2CCN(C)CC2)cc1. The molecular formula is C18H30N2O2. The molecule has 0 bridgehead atoms. The Hall–Kier alpha value is -1.26. The maximum atomic E-state index is 5.81. The summed E-state index contributed by atoms with van der Waals surface area (Å²) in [6.45, 7) is 10.8. The van der Waals surface area contributed by atoms with E-state index in [0.717, 1.165) is 37.5 Å². The molecule has 0 aliphatic carbocycles. The molecule has 2 rings (SSSR count). The lowest BCUT2D eigenvalue weighted by Crippen LogP contribution is -2.44. The third-order valence-electron chi connectivity index (χ3n) is 4.22. The van der Waals surface area contributed by atoms with Crippen molar-refractivity contribution in [3.63, 3.8) is 0 Å². The van der Waals surface area contributed by atoms with Crippen LogP contribution in [0.3, 0.4) is 0 Å². The minimum absolute atomic E-state index is 0.260. The molecule has 1 saturated heterocycles. The van der Waals surface area contributed by atoms with Crippen molar-refractivity contribution >= 4 is 0 Å². The van der Waals surface area contributed by atoms with E-state index in [-0.39, 0.29) is 6.10 Å². The maximum absolute atomic E-state index is 5.81. The number of benzene rings is 1. The smallest absolute Gasteiger partial charge is 0.119 e. The molecule has 1 atom stereocenters. The molecule has 4 nitrogen and oxygen atoms in total. The van der Waals surface area contributed by atoms with Gasteiger partial charge in [0.2, 0.25) is 0 Å². The van der Waals surface area contributed by atoms with Gasteiger partial charge < -0.3 is 19.3 Å². The van der Waals surface area contributed by atoms with Crippen LogP contribution in [0.4, 0.5) is 0 Å². The lowest BCUT2D eigenvalue weighted by Gasteiger charge is -2.32. The minimum atomic E-state index is 0.260. The number of hydrogen-bond acceptors (Lipinski definition) is 4. The fourth-order valence-electron chi connectivity index (χ4n) is 2.48. The highest BCUT2D eigenvalue weighted by molar-refractivity contribution is 5.31. The zero-order valence-corrected chi connectivity index (χ0v) is 14.3. The van der Waals surface area contributed by atoms with E-state index in [1.165, 1.54) is 26.2 Å². The lowest BCUT2D eigenvalue weighted by molar-refractivity contribution is 0.145. The summed E-state index contributed by atoms with van der Waals surface area (Å²) >= 11 is 0. The Labute approximate surface area is 135 Å². The molecule has 124 valence electrons. The molecule has 1 aliphatic rings. The second-order valence-electron chi connectivity index (χ2n) is 6.16. The molecular weight excluding hydrogens is 276 g/mol. The molecule has 0 amide bonds. The molecule has 22 heavy (non-hydrogen) atoms. The van der Waals surface area contributed by atoms with Crippen molar-refractivity contribution in [2.75, 3.05) is 46.4 Å². The molecule has 4 heteroatoms. The van der Waals surface area contributed by atoms with Gasteiger partial charge in [0.15, 0.2) is 0 Å². The van der Waals surface area contributed by atoms with Gasteiger partial charge in [0, 0.05) is 32.7 Å². The summed E-state index contributed by atoms with van der Waals surface area (Å²) in [4.78, 5) is 4.91. The highest BCUT2D eigenvalue weighted by Gasteiger charge is 2.12. The third-order valence-corrected chi connectivity index (χ3v) is 4.22. The molecule has 0 N–H and O–H groups in total. The number of piperazine rings is 1. The predicted octanol–water partition coefficient (Wildman–Crippen LogP) is 2.88. The summed E-state index contributed by atoms with van der Waals surface area (Å²) in [6.07, 6.45) is 2.36. The van der Waals surface area contributed by atoms with E-state index in [0.29, 0.717) is 0 Å². The summed E-state index contributed by atoms with van der Waals surface area (Å²) in [5.74, 6) is 1.84. The highest BCUT2D eigenvalue weighted by Crippen LogP contribution is 2.19. The molecule has 0 radical (unpaired) electrons. The van der Waals surface area contributed by atoms with Crippen molar-refractivity contribution in [3.05, 3.63) is 24.3 Å². The lowest BCUT2D eigenvalue weighted by atomic mass is 10.3. The standard InChI is InChI=1S/C18H30N2O2/c1-4-16(2)22-18-8-6-17(7-9-18)21-15-5-10-20-13-11-19(3)12-14-20/h6-9,16H,4-5,10-15H2,1-3H3. The first-order chi connectivity index (χ1) is 10.7. The van der Waals surface area contributed by atoms with Crippen LogP contribution in [0.15, 0.2) is 24.3 Å². The van der Waals surface area contributed by atoms with Crippen molar-refractivity contribution in [1.29, 1.82) is 0 Å². The minimum Gasteiger partial charge on any atom is -0.494 e. The topological polar surface area (TPSA) is 24.9 Å². The molecule has 0 aromatic heterocycles. The van der Waals surface area contributed by atoms with Gasteiger partial charge in [0.1, 0.15) is 11.5 Å². The number of nitrogens with zero attached hydrogens (tertiary/aromatic N) is 2. The quantitative estimate of drug-likeness (QED) is 0.690. The van der Waals surface area contributed by atoms with Crippen LogP contribution in [0.5, 0.6) is 11.5 Å². The fourth-order valence-corrected chi connectivity index (χ4v) is 2.48. The van der Waals surface area contributed by atoms with Crippen molar-refractivity contribution in [3.8, 4) is 11.5 Å². The number of hydrogen-bond donors (Lipinski definition) is 0. The van der Waals surface area contributed by atoms with Crippen LogP contribution in [0.2, 0.25) is 0 Å².